The van der Waals surface area contributed by atoms with Gasteiger partial charge in [0.15, 0.2) is 15.6 Å². The van der Waals surface area contributed by atoms with E-state index in [4.69, 9.17) is 8.83 Å². The van der Waals surface area contributed by atoms with Crippen molar-refractivity contribution in [2.75, 3.05) is 11.5 Å². The van der Waals surface area contributed by atoms with Gasteiger partial charge in [0, 0.05) is 22.9 Å². The Labute approximate surface area is 188 Å². The van der Waals surface area contributed by atoms with Gasteiger partial charge in [-0.25, -0.2) is 8.42 Å². The standard InChI is InChI=1S/C25H29NO5S/c1-14-9-21-17(4)24(31-23(21)11-15(14)2)25(27)26(18-7-8-32(28,29)13-18)12-19-5-6-22(30-19)20-10-16(20)3/h5-6,9,11,16,18,20H,7-8,10,12-13H2,1-4H3. The normalized spacial score (nSPS) is 24.2. The maximum atomic E-state index is 13.7. The molecule has 170 valence electrons. The number of fused-ring (bicyclic) bond motifs is 1. The van der Waals surface area contributed by atoms with E-state index < -0.39 is 15.9 Å². The Morgan fingerprint density at radius 3 is 2.50 bits per heavy atom. The molecule has 5 rings (SSSR count). The minimum atomic E-state index is -3.16. The molecular formula is C25H29NO5S. The first-order valence-corrected chi connectivity index (χ1v) is 13.1. The number of carbonyl (C=O) groups is 1. The van der Waals surface area contributed by atoms with E-state index in [1.54, 1.807) is 4.90 Å². The largest absolute Gasteiger partial charge is 0.464 e. The SMILES string of the molecule is Cc1cc2oc(C(=O)N(Cc3ccc(C4CC4C)o3)C3CCS(=O)(=O)C3)c(C)c2cc1C. The van der Waals surface area contributed by atoms with Crippen LogP contribution in [0.15, 0.2) is 33.1 Å². The van der Waals surface area contributed by atoms with E-state index in [1.165, 1.54) is 0 Å². The van der Waals surface area contributed by atoms with Crippen molar-refractivity contribution >= 4 is 26.7 Å². The van der Waals surface area contributed by atoms with Crippen LogP contribution in [0, 0.1) is 26.7 Å². The van der Waals surface area contributed by atoms with Crippen molar-refractivity contribution in [2.45, 2.75) is 59.0 Å². The monoisotopic (exact) mass is 455 g/mol. The van der Waals surface area contributed by atoms with Gasteiger partial charge in [-0.3, -0.25) is 4.79 Å². The molecule has 1 aromatic carbocycles. The zero-order chi connectivity index (χ0) is 22.8. The zero-order valence-electron chi connectivity index (χ0n) is 19.0. The molecule has 1 aliphatic heterocycles. The molecule has 1 saturated carbocycles. The van der Waals surface area contributed by atoms with Crippen molar-refractivity contribution in [1.82, 2.24) is 4.90 Å². The molecule has 3 aromatic rings. The number of rotatable bonds is 5. The second-order valence-corrected chi connectivity index (χ2v) is 11.8. The lowest BCUT2D eigenvalue weighted by Crippen LogP contribution is -2.40. The van der Waals surface area contributed by atoms with Crippen LogP contribution in [0.4, 0.5) is 0 Å². The number of amides is 1. The molecule has 0 spiro atoms. The molecule has 2 aliphatic rings. The first-order valence-electron chi connectivity index (χ1n) is 11.2. The first kappa shape index (κ1) is 21.3. The molecular weight excluding hydrogens is 426 g/mol. The number of hydrogen-bond donors (Lipinski definition) is 0. The van der Waals surface area contributed by atoms with Gasteiger partial charge in [0.1, 0.15) is 17.1 Å². The summed E-state index contributed by atoms with van der Waals surface area (Å²) in [7, 11) is -3.16. The Morgan fingerprint density at radius 2 is 1.84 bits per heavy atom. The molecule has 0 radical (unpaired) electrons. The zero-order valence-corrected chi connectivity index (χ0v) is 19.8. The lowest BCUT2D eigenvalue weighted by molar-refractivity contribution is 0.0634. The van der Waals surface area contributed by atoms with Gasteiger partial charge in [0.05, 0.1) is 18.1 Å². The molecule has 7 heteroatoms. The fourth-order valence-electron chi connectivity index (χ4n) is 4.76. The highest BCUT2D eigenvalue weighted by Gasteiger charge is 2.39. The van der Waals surface area contributed by atoms with Crippen molar-refractivity contribution in [3.8, 4) is 0 Å². The van der Waals surface area contributed by atoms with Crippen molar-refractivity contribution in [1.29, 1.82) is 0 Å². The van der Waals surface area contributed by atoms with Gasteiger partial charge < -0.3 is 13.7 Å². The number of sulfone groups is 1. The van der Waals surface area contributed by atoms with Crippen LogP contribution in [0.1, 0.15) is 64.4 Å². The molecule has 3 unspecified atom stereocenters. The van der Waals surface area contributed by atoms with Crippen molar-refractivity contribution in [3.05, 3.63) is 58.2 Å². The summed E-state index contributed by atoms with van der Waals surface area (Å²) in [4.78, 5) is 15.3. The topological polar surface area (TPSA) is 80.7 Å². The van der Waals surface area contributed by atoms with E-state index in [0.717, 1.165) is 34.3 Å². The molecule has 0 bridgehead atoms. The molecule has 32 heavy (non-hydrogen) atoms. The highest BCUT2D eigenvalue weighted by Crippen LogP contribution is 2.47. The van der Waals surface area contributed by atoms with Crippen LogP contribution in [-0.4, -0.2) is 36.8 Å². The molecule has 6 nitrogen and oxygen atoms in total. The molecule has 1 saturated heterocycles. The lowest BCUT2D eigenvalue weighted by atomic mass is 10.0. The number of furan rings is 2. The Kier molecular flexibility index (Phi) is 5.00. The van der Waals surface area contributed by atoms with Crippen LogP contribution < -0.4 is 0 Å². The van der Waals surface area contributed by atoms with E-state index in [0.29, 0.717) is 29.6 Å². The van der Waals surface area contributed by atoms with Gasteiger partial charge in [-0.1, -0.05) is 6.92 Å². The predicted molar refractivity (Wildman–Crippen MR) is 123 cm³/mol. The smallest absolute Gasteiger partial charge is 0.290 e. The van der Waals surface area contributed by atoms with Crippen LogP contribution in [0.3, 0.4) is 0 Å². The van der Waals surface area contributed by atoms with Crippen molar-refractivity contribution in [2.24, 2.45) is 5.92 Å². The summed E-state index contributed by atoms with van der Waals surface area (Å²) in [5, 5.41) is 0.915. The number of hydrogen-bond acceptors (Lipinski definition) is 5. The van der Waals surface area contributed by atoms with Crippen LogP contribution in [0.2, 0.25) is 0 Å². The second-order valence-electron chi connectivity index (χ2n) is 9.60. The summed E-state index contributed by atoms with van der Waals surface area (Å²) >= 11 is 0. The molecule has 3 heterocycles. The van der Waals surface area contributed by atoms with Crippen LogP contribution in [0.5, 0.6) is 0 Å². The van der Waals surface area contributed by atoms with Gasteiger partial charge in [-0.2, -0.15) is 0 Å². The molecule has 1 aliphatic carbocycles. The molecule has 1 amide bonds. The lowest BCUT2D eigenvalue weighted by Gasteiger charge is -2.26. The summed E-state index contributed by atoms with van der Waals surface area (Å²) in [6.45, 7) is 8.36. The highest BCUT2D eigenvalue weighted by atomic mass is 32.2. The molecule has 3 atom stereocenters. The van der Waals surface area contributed by atoms with Crippen LogP contribution in [0.25, 0.3) is 11.0 Å². The fraction of sp³-hybridized carbons (Fsp3) is 0.480. The maximum absolute atomic E-state index is 13.7. The minimum absolute atomic E-state index is 0.0243. The quantitative estimate of drug-likeness (QED) is 0.546. The van der Waals surface area contributed by atoms with E-state index in [-0.39, 0.29) is 29.7 Å². The number of benzene rings is 1. The molecule has 2 aromatic heterocycles. The average molecular weight is 456 g/mol. The van der Waals surface area contributed by atoms with Crippen LogP contribution >= 0.6 is 0 Å². The van der Waals surface area contributed by atoms with Gasteiger partial charge in [-0.05, 0) is 74.9 Å². The van der Waals surface area contributed by atoms with Gasteiger partial charge in [0.2, 0.25) is 0 Å². The van der Waals surface area contributed by atoms with Crippen molar-refractivity contribution in [3.63, 3.8) is 0 Å². The van der Waals surface area contributed by atoms with Gasteiger partial charge in [-0.15, -0.1) is 0 Å². The number of aryl methyl sites for hydroxylation is 3. The highest BCUT2D eigenvalue weighted by molar-refractivity contribution is 7.91. The number of carbonyl (C=O) groups excluding carboxylic acids is 1. The Bertz CT molecular complexity index is 1320. The third-order valence-electron chi connectivity index (χ3n) is 7.14. The summed E-state index contributed by atoms with van der Waals surface area (Å²) in [5.74, 6) is 2.76. The third-order valence-corrected chi connectivity index (χ3v) is 8.89. The Balaban J connectivity index is 1.50. The average Bonchev–Trinajstić information content (AvgIpc) is 3.05. The number of nitrogens with zero attached hydrogens (tertiary/aromatic N) is 1. The van der Waals surface area contributed by atoms with E-state index in [1.807, 2.05) is 45.0 Å². The van der Waals surface area contributed by atoms with Crippen LogP contribution in [-0.2, 0) is 16.4 Å². The fourth-order valence-corrected chi connectivity index (χ4v) is 6.49. The van der Waals surface area contributed by atoms with E-state index >= 15 is 0 Å². The molecule has 2 fully saturated rings. The van der Waals surface area contributed by atoms with Gasteiger partial charge in [0.25, 0.3) is 5.91 Å². The predicted octanol–water partition coefficient (Wildman–Crippen LogP) is 4.90. The maximum Gasteiger partial charge on any atom is 0.290 e. The Morgan fingerprint density at radius 1 is 1.12 bits per heavy atom. The van der Waals surface area contributed by atoms with E-state index in [9.17, 15) is 13.2 Å². The van der Waals surface area contributed by atoms with E-state index in [2.05, 4.69) is 6.92 Å². The van der Waals surface area contributed by atoms with Gasteiger partial charge >= 0.3 is 0 Å². The third kappa shape index (κ3) is 3.76. The second kappa shape index (κ2) is 7.51. The molecule has 0 N–H and O–H groups in total. The van der Waals surface area contributed by atoms with Crippen molar-refractivity contribution < 1.29 is 22.0 Å². The Hall–Kier alpha value is -2.54. The summed E-state index contributed by atoms with van der Waals surface area (Å²) in [5.41, 5.74) is 3.69. The summed E-state index contributed by atoms with van der Waals surface area (Å²) in [6.07, 6.45) is 1.55. The summed E-state index contributed by atoms with van der Waals surface area (Å²) in [6, 6.07) is 7.49. The first-order chi connectivity index (χ1) is 15.1. The minimum Gasteiger partial charge on any atom is -0.464 e. The summed E-state index contributed by atoms with van der Waals surface area (Å²) < 4.78 is 36.5.